The highest BCUT2D eigenvalue weighted by atomic mass is 16.6. The Hall–Kier alpha value is -1.95. The molecule has 1 aromatic carbocycles. The molecule has 19 heavy (non-hydrogen) atoms. The number of hydrogen-bond donors (Lipinski definition) is 1. The number of hydrogen-bond acceptors (Lipinski definition) is 6. The lowest BCUT2D eigenvalue weighted by atomic mass is 10.3. The van der Waals surface area contributed by atoms with Crippen LogP contribution in [0.15, 0.2) is 18.2 Å². The zero-order chi connectivity index (χ0) is 14.1. The maximum atomic E-state index is 11.0. The molecule has 0 aliphatic heterocycles. The van der Waals surface area contributed by atoms with E-state index < -0.39 is 0 Å². The maximum Gasteiger partial charge on any atom is 0.332 e. The first-order chi connectivity index (χ1) is 9.15. The van der Waals surface area contributed by atoms with Crippen LogP contribution in [0, 0.1) is 0 Å². The van der Waals surface area contributed by atoms with Gasteiger partial charge in [0.05, 0.1) is 20.3 Å². The first kappa shape index (κ1) is 15.1. The molecule has 0 bridgehead atoms. The Morgan fingerprint density at radius 3 is 2.63 bits per heavy atom. The van der Waals surface area contributed by atoms with E-state index in [2.05, 4.69) is 0 Å². The van der Waals surface area contributed by atoms with Crippen LogP contribution in [-0.2, 0) is 14.3 Å². The number of nitrogen functional groups attached to an aromatic ring is 1. The second-order valence-electron chi connectivity index (χ2n) is 3.65. The van der Waals surface area contributed by atoms with Gasteiger partial charge in [0.25, 0.3) is 0 Å². The molecule has 0 saturated carbocycles. The van der Waals surface area contributed by atoms with Crippen molar-refractivity contribution in [2.75, 3.05) is 39.3 Å². The van der Waals surface area contributed by atoms with Gasteiger partial charge in [0.2, 0.25) is 0 Å². The number of carbonyl (C=O) groups excluding carboxylic acids is 1. The third-order valence-electron chi connectivity index (χ3n) is 2.16. The number of methoxy groups -OCH3 is 1. The van der Waals surface area contributed by atoms with Crippen LogP contribution >= 0.6 is 0 Å². The minimum atomic E-state index is -0.381. The molecule has 0 aliphatic rings. The Morgan fingerprint density at radius 1 is 1.21 bits per heavy atom. The summed E-state index contributed by atoms with van der Waals surface area (Å²) < 4.78 is 20.3. The predicted molar refractivity (Wildman–Crippen MR) is 70.4 cm³/mol. The van der Waals surface area contributed by atoms with Gasteiger partial charge in [-0.3, -0.25) is 0 Å². The topological polar surface area (TPSA) is 80.0 Å². The average molecular weight is 269 g/mol. The summed E-state index contributed by atoms with van der Waals surface area (Å²) in [6, 6.07) is 5.11. The number of rotatable bonds is 8. The van der Waals surface area contributed by atoms with Crippen molar-refractivity contribution in [2.24, 2.45) is 0 Å². The number of benzene rings is 1. The summed E-state index contributed by atoms with van der Waals surface area (Å²) >= 11 is 0. The van der Waals surface area contributed by atoms with E-state index in [1.807, 2.05) is 0 Å². The maximum absolute atomic E-state index is 11.0. The lowest BCUT2D eigenvalue weighted by Gasteiger charge is -2.09. The summed E-state index contributed by atoms with van der Waals surface area (Å²) in [7, 11) is 1.56. The van der Waals surface area contributed by atoms with Crippen molar-refractivity contribution in [3.8, 4) is 11.5 Å². The third-order valence-corrected chi connectivity index (χ3v) is 2.16. The normalized spacial score (nSPS) is 10.0. The molecule has 6 nitrogen and oxygen atoms in total. The van der Waals surface area contributed by atoms with Crippen LogP contribution in [0.3, 0.4) is 0 Å². The molecule has 0 atom stereocenters. The molecule has 0 aromatic heterocycles. The Bertz CT molecular complexity index is 408. The van der Waals surface area contributed by atoms with Gasteiger partial charge in [0, 0.05) is 23.9 Å². The van der Waals surface area contributed by atoms with Crippen molar-refractivity contribution in [1.29, 1.82) is 0 Å². The molecule has 0 fully saturated rings. The highest BCUT2D eigenvalue weighted by Crippen LogP contribution is 2.23. The van der Waals surface area contributed by atoms with Crippen LogP contribution in [0.1, 0.15) is 6.92 Å². The summed E-state index contributed by atoms with van der Waals surface area (Å²) in [6.45, 7) is 2.62. The molecule has 1 aromatic rings. The lowest BCUT2D eigenvalue weighted by Crippen LogP contribution is -2.15. The van der Waals surface area contributed by atoms with Gasteiger partial charge < -0.3 is 24.7 Å². The summed E-state index contributed by atoms with van der Waals surface area (Å²) in [5.74, 6) is 0.840. The van der Waals surface area contributed by atoms with E-state index in [0.717, 1.165) is 0 Å². The van der Waals surface area contributed by atoms with Gasteiger partial charge in [0.1, 0.15) is 24.7 Å². The minimum absolute atomic E-state index is 0.0720. The lowest BCUT2D eigenvalue weighted by molar-refractivity contribution is -0.148. The van der Waals surface area contributed by atoms with E-state index in [9.17, 15) is 4.79 Å². The zero-order valence-corrected chi connectivity index (χ0v) is 11.2. The van der Waals surface area contributed by atoms with Crippen molar-refractivity contribution in [2.45, 2.75) is 6.92 Å². The van der Waals surface area contributed by atoms with Crippen molar-refractivity contribution in [3.63, 3.8) is 0 Å². The Labute approximate surface area is 112 Å². The fraction of sp³-hybridized carbons (Fsp3) is 0.462. The molecule has 0 amide bonds. The quantitative estimate of drug-likeness (QED) is 0.434. The first-order valence-electron chi connectivity index (χ1n) is 5.96. The molecule has 0 radical (unpaired) electrons. The summed E-state index contributed by atoms with van der Waals surface area (Å²) in [5, 5.41) is 0. The zero-order valence-electron chi connectivity index (χ0n) is 11.2. The van der Waals surface area contributed by atoms with E-state index in [1.165, 1.54) is 0 Å². The van der Waals surface area contributed by atoms with Crippen LogP contribution in [-0.4, -0.2) is 39.5 Å². The van der Waals surface area contributed by atoms with Crippen LogP contribution in [0.4, 0.5) is 5.69 Å². The van der Waals surface area contributed by atoms with E-state index in [1.54, 1.807) is 32.2 Å². The predicted octanol–water partition coefficient (Wildman–Crippen LogP) is 1.24. The molecule has 0 heterocycles. The number of anilines is 1. The fourth-order valence-electron chi connectivity index (χ4n) is 1.37. The monoisotopic (exact) mass is 269 g/mol. The molecule has 1 rings (SSSR count). The average Bonchev–Trinajstić information content (AvgIpc) is 2.38. The molecule has 6 heteroatoms. The SMILES string of the molecule is CCOC(=O)COCCOc1cc(N)cc(OC)c1. The van der Waals surface area contributed by atoms with E-state index >= 15 is 0 Å². The second kappa shape index (κ2) is 8.20. The molecule has 2 N–H and O–H groups in total. The third kappa shape index (κ3) is 5.96. The summed E-state index contributed by atoms with van der Waals surface area (Å²) in [6.07, 6.45) is 0. The van der Waals surface area contributed by atoms with Gasteiger partial charge in [-0.05, 0) is 6.92 Å². The molecule has 0 saturated heterocycles. The molecule has 0 unspecified atom stereocenters. The van der Waals surface area contributed by atoms with Gasteiger partial charge in [-0.1, -0.05) is 0 Å². The summed E-state index contributed by atoms with van der Waals surface area (Å²) in [4.78, 5) is 11.0. The Morgan fingerprint density at radius 2 is 1.95 bits per heavy atom. The Kier molecular flexibility index (Phi) is 6.52. The fourth-order valence-corrected chi connectivity index (χ4v) is 1.37. The van der Waals surface area contributed by atoms with Gasteiger partial charge in [-0.15, -0.1) is 0 Å². The van der Waals surface area contributed by atoms with Crippen LogP contribution in [0.5, 0.6) is 11.5 Å². The molecule has 0 aliphatic carbocycles. The van der Waals surface area contributed by atoms with E-state index in [4.69, 9.17) is 24.7 Å². The van der Waals surface area contributed by atoms with E-state index in [0.29, 0.717) is 30.4 Å². The van der Waals surface area contributed by atoms with Gasteiger partial charge in [-0.25, -0.2) is 4.79 Å². The van der Waals surface area contributed by atoms with Gasteiger partial charge in [0.15, 0.2) is 0 Å². The number of nitrogens with two attached hydrogens (primary N) is 1. The van der Waals surface area contributed by atoms with Crippen LogP contribution in [0.25, 0.3) is 0 Å². The second-order valence-corrected chi connectivity index (χ2v) is 3.65. The van der Waals surface area contributed by atoms with E-state index in [-0.39, 0.29) is 19.2 Å². The highest BCUT2D eigenvalue weighted by molar-refractivity contribution is 5.70. The first-order valence-corrected chi connectivity index (χ1v) is 5.96. The van der Waals surface area contributed by atoms with Crippen LogP contribution in [0.2, 0.25) is 0 Å². The van der Waals surface area contributed by atoms with Crippen molar-refractivity contribution in [1.82, 2.24) is 0 Å². The van der Waals surface area contributed by atoms with Crippen molar-refractivity contribution in [3.05, 3.63) is 18.2 Å². The van der Waals surface area contributed by atoms with Crippen LogP contribution < -0.4 is 15.2 Å². The molecule has 106 valence electrons. The van der Waals surface area contributed by atoms with Crippen molar-refractivity contribution >= 4 is 11.7 Å². The smallest absolute Gasteiger partial charge is 0.332 e. The molecular formula is C13H19NO5. The Balaban J connectivity index is 2.26. The highest BCUT2D eigenvalue weighted by Gasteiger charge is 2.02. The van der Waals surface area contributed by atoms with Crippen molar-refractivity contribution < 1.29 is 23.7 Å². The number of esters is 1. The molecule has 0 spiro atoms. The summed E-state index contributed by atoms with van der Waals surface area (Å²) in [5.41, 5.74) is 6.24. The number of ether oxygens (including phenoxy) is 4. The number of carbonyl (C=O) groups is 1. The van der Waals surface area contributed by atoms with Gasteiger partial charge >= 0.3 is 5.97 Å². The minimum Gasteiger partial charge on any atom is -0.497 e. The van der Waals surface area contributed by atoms with Gasteiger partial charge in [-0.2, -0.15) is 0 Å². The standard InChI is InChI=1S/C13H19NO5/c1-3-18-13(15)9-17-4-5-19-12-7-10(14)6-11(8-12)16-2/h6-8H,3-5,9,14H2,1-2H3. The largest absolute Gasteiger partial charge is 0.497 e. The molecular weight excluding hydrogens is 250 g/mol.